The number of thiophene rings is 1. The minimum Gasteiger partial charge on any atom is -0.462 e. The Morgan fingerprint density at radius 3 is 2.80 bits per heavy atom. The zero-order valence-electron chi connectivity index (χ0n) is 11.6. The van der Waals surface area contributed by atoms with Gasteiger partial charge >= 0.3 is 5.97 Å². The first-order valence-electron chi connectivity index (χ1n) is 6.73. The Labute approximate surface area is 127 Å². The summed E-state index contributed by atoms with van der Waals surface area (Å²) in [6.07, 6.45) is 2.18. The summed E-state index contributed by atoms with van der Waals surface area (Å²) in [6, 6.07) is 0. The maximum atomic E-state index is 12.1. The van der Waals surface area contributed by atoms with Gasteiger partial charge in [0.1, 0.15) is 5.00 Å². The van der Waals surface area contributed by atoms with Crippen LogP contribution >= 0.6 is 22.9 Å². The Balaban J connectivity index is 2.23. The fraction of sp³-hybridized carbons (Fsp3) is 0.571. The third kappa shape index (κ3) is 3.33. The molecule has 1 unspecified atom stereocenters. The van der Waals surface area contributed by atoms with E-state index in [2.05, 4.69) is 5.32 Å². The maximum absolute atomic E-state index is 12.1. The van der Waals surface area contributed by atoms with Crippen molar-refractivity contribution in [1.82, 2.24) is 0 Å². The monoisotopic (exact) mass is 315 g/mol. The third-order valence-electron chi connectivity index (χ3n) is 3.23. The van der Waals surface area contributed by atoms with Crippen LogP contribution in [0.1, 0.15) is 48.5 Å². The number of carbonyl (C=O) groups is 2. The van der Waals surface area contributed by atoms with Crippen LogP contribution in [0.5, 0.6) is 0 Å². The molecule has 110 valence electrons. The number of carbonyl (C=O) groups excluding carboxylic acids is 2. The number of hydrogen-bond donors (Lipinski definition) is 1. The van der Waals surface area contributed by atoms with Gasteiger partial charge in [-0.3, -0.25) is 4.79 Å². The summed E-state index contributed by atoms with van der Waals surface area (Å²) in [5, 5.41) is 5.32. The summed E-state index contributed by atoms with van der Waals surface area (Å²) in [7, 11) is 0. The normalized spacial score (nSPS) is 15.8. The van der Waals surface area contributed by atoms with Crippen molar-refractivity contribution in [3.8, 4) is 0 Å². The van der Waals surface area contributed by atoms with Crippen molar-refractivity contribution in [2.24, 2.45) is 5.92 Å². The second kappa shape index (κ2) is 6.59. The van der Waals surface area contributed by atoms with Crippen LogP contribution in [0.3, 0.4) is 0 Å². The van der Waals surface area contributed by atoms with Gasteiger partial charge in [-0.2, -0.15) is 0 Å². The standard InChI is InChI=1S/C14H18ClNO3S/c1-3-19-14(18)11-10(9-4-5-9)7-20-13(11)16-12(17)8(2)6-15/h7-9H,3-6H2,1-2H3,(H,16,17). The van der Waals surface area contributed by atoms with Gasteiger partial charge in [0.25, 0.3) is 0 Å². The minimum atomic E-state index is -0.357. The zero-order chi connectivity index (χ0) is 14.7. The van der Waals surface area contributed by atoms with E-state index in [4.69, 9.17) is 16.3 Å². The molecule has 1 saturated carbocycles. The number of hydrogen-bond acceptors (Lipinski definition) is 4. The van der Waals surface area contributed by atoms with E-state index in [0.29, 0.717) is 23.1 Å². The first-order valence-corrected chi connectivity index (χ1v) is 8.15. The highest BCUT2D eigenvalue weighted by molar-refractivity contribution is 7.15. The molecule has 1 N–H and O–H groups in total. The molecule has 1 atom stereocenters. The molecule has 0 aliphatic heterocycles. The van der Waals surface area contributed by atoms with Crippen LogP contribution in [0.25, 0.3) is 0 Å². The average molecular weight is 316 g/mol. The van der Waals surface area contributed by atoms with Crippen LogP contribution in [0, 0.1) is 5.92 Å². The summed E-state index contributed by atoms with van der Waals surface area (Å²) < 4.78 is 5.10. The fourth-order valence-electron chi connectivity index (χ4n) is 1.88. The quantitative estimate of drug-likeness (QED) is 0.644. The molecule has 1 heterocycles. The molecule has 4 nitrogen and oxygen atoms in total. The highest BCUT2D eigenvalue weighted by Gasteiger charge is 2.32. The molecule has 0 spiro atoms. The van der Waals surface area contributed by atoms with Crippen LogP contribution in [-0.4, -0.2) is 24.4 Å². The van der Waals surface area contributed by atoms with Crippen molar-refractivity contribution in [3.63, 3.8) is 0 Å². The summed E-state index contributed by atoms with van der Waals surface area (Å²) >= 11 is 7.06. The van der Waals surface area contributed by atoms with Crippen molar-refractivity contribution in [2.75, 3.05) is 17.8 Å². The van der Waals surface area contributed by atoms with Gasteiger partial charge in [-0.1, -0.05) is 6.92 Å². The van der Waals surface area contributed by atoms with Crippen LogP contribution in [0.15, 0.2) is 5.38 Å². The molecular formula is C14H18ClNO3S. The molecule has 1 aliphatic carbocycles. The van der Waals surface area contributed by atoms with Crippen molar-refractivity contribution >= 4 is 39.8 Å². The Morgan fingerprint density at radius 1 is 1.55 bits per heavy atom. The molecule has 2 rings (SSSR count). The predicted octanol–water partition coefficient (Wildman–Crippen LogP) is 3.62. The minimum absolute atomic E-state index is 0.172. The SMILES string of the molecule is CCOC(=O)c1c(C2CC2)csc1NC(=O)C(C)CCl. The average Bonchev–Trinajstić information content (AvgIpc) is 3.19. The summed E-state index contributed by atoms with van der Waals surface area (Å²) in [6.45, 7) is 3.85. The number of alkyl halides is 1. The Bertz CT molecular complexity index is 511. The second-order valence-corrected chi connectivity index (χ2v) is 6.12. The van der Waals surface area contributed by atoms with Gasteiger partial charge in [0.2, 0.25) is 5.91 Å². The van der Waals surface area contributed by atoms with Crippen LogP contribution in [0.4, 0.5) is 5.00 Å². The highest BCUT2D eigenvalue weighted by atomic mass is 35.5. The van der Waals surface area contributed by atoms with E-state index in [1.165, 1.54) is 11.3 Å². The van der Waals surface area contributed by atoms with E-state index >= 15 is 0 Å². The van der Waals surface area contributed by atoms with Gasteiger partial charge in [-0.15, -0.1) is 22.9 Å². The predicted molar refractivity (Wildman–Crippen MR) is 80.8 cm³/mol. The smallest absolute Gasteiger partial charge is 0.341 e. The van der Waals surface area contributed by atoms with Gasteiger partial charge in [0, 0.05) is 11.8 Å². The molecule has 6 heteroatoms. The highest BCUT2D eigenvalue weighted by Crippen LogP contribution is 2.46. The fourth-order valence-corrected chi connectivity index (χ4v) is 3.05. The third-order valence-corrected chi connectivity index (χ3v) is 4.61. The molecule has 1 aliphatic rings. The van der Waals surface area contributed by atoms with Crippen molar-refractivity contribution < 1.29 is 14.3 Å². The number of esters is 1. The number of amides is 1. The number of halogens is 1. The number of nitrogens with one attached hydrogen (secondary N) is 1. The topological polar surface area (TPSA) is 55.4 Å². The molecule has 0 aromatic carbocycles. The van der Waals surface area contributed by atoms with E-state index in [0.717, 1.165) is 18.4 Å². The summed E-state index contributed by atoms with van der Waals surface area (Å²) in [5.74, 6) is -0.138. The number of ether oxygens (including phenoxy) is 1. The molecule has 0 bridgehead atoms. The molecule has 1 amide bonds. The summed E-state index contributed by atoms with van der Waals surface area (Å²) in [5.41, 5.74) is 1.52. The Kier molecular flexibility index (Phi) is 5.05. The van der Waals surface area contributed by atoms with E-state index in [9.17, 15) is 9.59 Å². The lowest BCUT2D eigenvalue weighted by Crippen LogP contribution is -2.22. The van der Waals surface area contributed by atoms with E-state index < -0.39 is 0 Å². The Hall–Kier alpha value is -1.07. The molecule has 20 heavy (non-hydrogen) atoms. The van der Waals surface area contributed by atoms with Crippen LogP contribution < -0.4 is 5.32 Å². The lowest BCUT2D eigenvalue weighted by atomic mass is 10.1. The van der Waals surface area contributed by atoms with Gasteiger partial charge in [-0.05, 0) is 36.6 Å². The molecule has 1 aromatic heterocycles. The lowest BCUT2D eigenvalue weighted by Gasteiger charge is -2.10. The first-order chi connectivity index (χ1) is 9.58. The Morgan fingerprint density at radius 2 is 2.25 bits per heavy atom. The largest absolute Gasteiger partial charge is 0.462 e. The summed E-state index contributed by atoms with van der Waals surface area (Å²) in [4.78, 5) is 24.0. The lowest BCUT2D eigenvalue weighted by molar-refractivity contribution is -0.118. The van der Waals surface area contributed by atoms with E-state index in [1.54, 1.807) is 13.8 Å². The van der Waals surface area contributed by atoms with Gasteiger partial charge in [0.15, 0.2) is 0 Å². The van der Waals surface area contributed by atoms with Crippen LogP contribution in [-0.2, 0) is 9.53 Å². The zero-order valence-corrected chi connectivity index (χ0v) is 13.1. The molecule has 0 saturated heterocycles. The van der Waals surface area contributed by atoms with Crippen LogP contribution in [0.2, 0.25) is 0 Å². The maximum Gasteiger partial charge on any atom is 0.341 e. The number of anilines is 1. The molecule has 1 fully saturated rings. The van der Waals surface area contributed by atoms with Gasteiger partial charge < -0.3 is 10.1 Å². The number of rotatable bonds is 6. The van der Waals surface area contributed by atoms with Crippen molar-refractivity contribution in [3.05, 3.63) is 16.5 Å². The van der Waals surface area contributed by atoms with Gasteiger partial charge in [0.05, 0.1) is 12.2 Å². The molecular weight excluding hydrogens is 298 g/mol. The molecule has 1 aromatic rings. The van der Waals surface area contributed by atoms with Crippen molar-refractivity contribution in [1.29, 1.82) is 0 Å². The first kappa shape index (κ1) is 15.3. The van der Waals surface area contributed by atoms with E-state index in [1.807, 2.05) is 5.38 Å². The molecule has 0 radical (unpaired) electrons. The second-order valence-electron chi connectivity index (χ2n) is 4.93. The van der Waals surface area contributed by atoms with Gasteiger partial charge in [-0.25, -0.2) is 4.79 Å². The van der Waals surface area contributed by atoms with Crippen molar-refractivity contribution in [2.45, 2.75) is 32.6 Å². The van der Waals surface area contributed by atoms with E-state index in [-0.39, 0.29) is 23.7 Å².